The van der Waals surface area contributed by atoms with E-state index < -0.39 is 21.7 Å². The fourth-order valence-corrected chi connectivity index (χ4v) is 4.01. The van der Waals surface area contributed by atoms with E-state index in [1.807, 2.05) is 81.4 Å². The van der Waals surface area contributed by atoms with Crippen molar-refractivity contribution in [2.75, 3.05) is 26.0 Å². The van der Waals surface area contributed by atoms with E-state index in [0.717, 1.165) is 11.1 Å². The second kappa shape index (κ2) is 10.0. The van der Waals surface area contributed by atoms with Crippen molar-refractivity contribution in [3.63, 3.8) is 0 Å². The summed E-state index contributed by atoms with van der Waals surface area (Å²) in [5.41, 5.74) is 1.21. The highest BCUT2D eigenvalue weighted by molar-refractivity contribution is 7.88. The van der Waals surface area contributed by atoms with E-state index in [-0.39, 0.29) is 25.7 Å². The van der Waals surface area contributed by atoms with Gasteiger partial charge in [-0.3, -0.25) is 0 Å². The molecule has 29 heavy (non-hydrogen) atoms. The number of rotatable bonds is 9. The minimum Gasteiger partial charge on any atom is -0.363 e. The van der Waals surface area contributed by atoms with Crippen molar-refractivity contribution in [3.05, 3.63) is 71.8 Å². The SMILES string of the molecule is CC(C)(C)OC(=[OH+])COCCN(C(c1ccccc1)c1ccccc1)S(C)(=O)=O. The van der Waals surface area contributed by atoms with Gasteiger partial charge in [-0.2, -0.15) is 4.31 Å². The number of benzene rings is 2. The maximum Gasteiger partial charge on any atom is 0.510 e. The summed E-state index contributed by atoms with van der Waals surface area (Å²) in [5.74, 6) is -0.230. The molecule has 0 bridgehead atoms. The standard InChI is InChI=1S/C22H29NO5S/c1-22(2,3)28-20(24)17-27-16-15-23(29(4,25)26)21(18-11-7-5-8-12-18)19-13-9-6-10-14-19/h5-14,21H,15-17H2,1-4H3/p+1. The Morgan fingerprint density at radius 3 is 1.90 bits per heavy atom. The van der Waals surface area contributed by atoms with Crippen molar-refractivity contribution in [1.29, 1.82) is 0 Å². The molecule has 0 unspecified atom stereocenters. The van der Waals surface area contributed by atoms with Gasteiger partial charge in [-0.15, -0.1) is 0 Å². The number of ether oxygens (including phenoxy) is 2. The zero-order valence-electron chi connectivity index (χ0n) is 17.4. The highest BCUT2D eigenvalue weighted by atomic mass is 32.2. The number of carbonyl (C=O) groups excluding carboxylic acids is 1. The molecule has 0 aliphatic carbocycles. The molecule has 0 fully saturated rings. The lowest BCUT2D eigenvalue weighted by atomic mass is 9.99. The van der Waals surface area contributed by atoms with E-state index in [0.29, 0.717) is 0 Å². The van der Waals surface area contributed by atoms with Crippen LogP contribution in [-0.2, 0) is 19.5 Å². The molecule has 2 aromatic rings. The van der Waals surface area contributed by atoms with Crippen molar-refractivity contribution in [3.8, 4) is 0 Å². The molecule has 1 N–H and O–H groups in total. The van der Waals surface area contributed by atoms with Gasteiger partial charge in [-0.1, -0.05) is 60.7 Å². The highest BCUT2D eigenvalue weighted by Gasteiger charge is 2.30. The van der Waals surface area contributed by atoms with Gasteiger partial charge in [0, 0.05) is 27.3 Å². The molecule has 6 nitrogen and oxygen atoms in total. The average Bonchev–Trinajstić information content (AvgIpc) is 2.63. The molecule has 0 radical (unpaired) electrons. The maximum absolute atomic E-state index is 12.6. The van der Waals surface area contributed by atoms with Crippen LogP contribution in [0.3, 0.4) is 0 Å². The average molecular weight is 421 g/mol. The summed E-state index contributed by atoms with van der Waals surface area (Å²) in [6.07, 6.45) is 1.19. The second-order valence-electron chi connectivity index (χ2n) is 7.76. The number of hydrogen-bond donors (Lipinski definition) is 0. The summed E-state index contributed by atoms with van der Waals surface area (Å²) in [6.45, 7) is 5.59. The Bertz CT molecular complexity index is 837. The van der Waals surface area contributed by atoms with Crippen LogP contribution in [0.4, 0.5) is 0 Å². The first kappa shape index (κ1) is 23.1. The van der Waals surface area contributed by atoms with Crippen LogP contribution in [0.5, 0.6) is 0 Å². The highest BCUT2D eigenvalue weighted by Crippen LogP contribution is 2.30. The largest absolute Gasteiger partial charge is 0.510 e. The first-order chi connectivity index (χ1) is 13.6. The third-order valence-electron chi connectivity index (χ3n) is 4.05. The molecule has 158 valence electrons. The van der Waals surface area contributed by atoms with Crippen LogP contribution in [0.25, 0.3) is 0 Å². The van der Waals surface area contributed by atoms with Crippen molar-refractivity contribution >= 4 is 16.0 Å². The summed E-state index contributed by atoms with van der Waals surface area (Å²) in [4.78, 5) is 9.81. The van der Waals surface area contributed by atoms with Crippen molar-refractivity contribution in [1.82, 2.24) is 4.31 Å². The fourth-order valence-electron chi connectivity index (χ4n) is 2.98. The van der Waals surface area contributed by atoms with Gasteiger partial charge in [0.2, 0.25) is 16.6 Å². The van der Waals surface area contributed by atoms with Crippen molar-refractivity contribution in [2.45, 2.75) is 32.4 Å². The zero-order chi connectivity index (χ0) is 21.5. The maximum atomic E-state index is 12.6. The van der Waals surface area contributed by atoms with Crippen LogP contribution in [-0.4, -0.2) is 55.1 Å². The smallest absolute Gasteiger partial charge is 0.363 e. The Labute approximate surface area is 173 Å². The fraction of sp³-hybridized carbons (Fsp3) is 0.409. The van der Waals surface area contributed by atoms with E-state index in [9.17, 15) is 13.2 Å². The van der Waals surface area contributed by atoms with Gasteiger partial charge in [-0.05, 0) is 11.1 Å². The lowest BCUT2D eigenvalue weighted by Crippen LogP contribution is -2.37. The zero-order valence-corrected chi connectivity index (χ0v) is 18.2. The molecular weight excluding hydrogens is 390 g/mol. The molecule has 0 aromatic heterocycles. The Kier molecular flexibility index (Phi) is 7.96. The predicted octanol–water partition coefficient (Wildman–Crippen LogP) is 3.37. The summed E-state index contributed by atoms with van der Waals surface area (Å²) < 4.78 is 37.5. The monoisotopic (exact) mass is 420 g/mol. The van der Waals surface area contributed by atoms with Gasteiger partial charge in [0.25, 0.3) is 0 Å². The van der Waals surface area contributed by atoms with Crippen LogP contribution in [0, 0.1) is 0 Å². The summed E-state index contributed by atoms with van der Waals surface area (Å²) >= 11 is 0. The van der Waals surface area contributed by atoms with Crippen LogP contribution >= 0.6 is 0 Å². The van der Waals surface area contributed by atoms with Crippen LogP contribution < -0.4 is 0 Å². The van der Waals surface area contributed by atoms with Gasteiger partial charge in [-0.25, -0.2) is 8.42 Å². The molecular formula is C22H30NO5S+. The first-order valence-electron chi connectivity index (χ1n) is 9.46. The molecule has 0 saturated carbocycles. The summed E-state index contributed by atoms with van der Waals surface area (Å²) in [7, 11) is -3.54. The number of hydrogen-bond acceptors (Lipinski definition) is 4. The number of nitrogens with zero attached hydrogens (tertiary/aromatic N) is 1. The molecule has 0 amide bonds. The normalized spacial score (nSPS) is 12.3. The van der Waals surface area contributed by atoms with Crippen LogP contribution in [0.1, 0.15) is 37.9 Å². The summed E-state index contributed by atoms with van der Waals surface area (Å²) in [5, 5.41) is 0. The Hall–Kier alpha value is -2.22. The van der Waals surface area contributed by atoms with Crippen LogP contribution in [0.15, 0.2) is 60.7 Å². The van der Waals surface area contributed by atoms with Gasteiger partial charge < -0.3 is 14.3 Å². The Morgan fingerprint density at radius 1 is 1.00 bits per heavy atom. The lowest BCUT2D eigenvalue weighted by molar-refractivity contribution is 0.0672. The first-order valence-corrected chi connectivity index (χ1v) is 11.3. The van der Waals surface area contributed by atoms with Gasteiger partial charge in [0.15, 0.2) is 5.60 Å². The molecule has 0 spiro atoms. The molecule has 0 atom stereocenters. The third-order valence-corrected chi connectivity index (χ3v) is 5.30. The Balaban J connectivity index is 2.17. The summed E-state index contributed by atoms with van der Waals surface area (Å²) in [6, 6.07) is 18.5. The molecule has 0 aliphatic rings. The Morgan fingerprint density at radius 2 is 1.48 bits per heavy atom. The molecule has 0 heterocycles. The van der Waals surface area contributed by atoms with Gasteiger partial charge in [0.05, 0.1) is 18.9 Å². The second-order valence-corrected chi connectivity index (χ2v) is 9.69. The van der Waals surface area contributed by atoms with E-state index in [4.69, 9.17) is 9.47 Å². The molecule has 2 aromatic carbocycles. The van der Waals surface area contributed by atoms with Crippen molar-refractivity contribution < 1.29 is 22.7 Å². The van der Waals surface area contributed by atoms with E-state index in [1.165, 1.54) is 10.6 Å². The van der Waals surface area contributed by atoms with Crippen molar-refractivity contribution in [2.24, 2.45) is 0 Å². The quantitative estimate of drug-likeness (QED) is 0.354. The number of esters is 1. The topological polar surface area (TPSA) is 77.2 Å². The van der Waals surface area contributed by atoms with E-state index >= 15 is 0 Å². The molecule has 2 rings (SSSR count). The lowest BCUT2D eigenvalue weighted by Gasteiger charge is -2.30. The molecule has 0 saturated heterocycles. The van der Waals surface area contributed by atoms with Gasteiger partial charge in [0.1, 0.15) is 0 Å². The van der Waals surface area contributed by atoms with Gasteiger partial charge >= 0.3 is 5.97 Å². The number of sulfonamides is 1. The predicted molar refractivity (Wildman–Crippen MR) is 115 cm³/mol. The molecule has 0 aliphatic heterocycles. The van der Waals surface area contributed by atoms with E-state index in [2.05, 4.69) is 0 Å². The van der Waals surface area contributed by atoms with Crippen LogP contribution in [0.2, 0.25) is 0 Å². The third kappa shape index (κ3) is 7.61. The van der Waals surface area contributed by atoms with E-state index in [1.54, 1.807) is 0 Å². The molecule has 7 heteroatoms. The minimum atomic E-state index is -3.54. The minimum absolute atomic E-state index is 0.112.